The monoisotopic (exact) mass is 488 g/mol. The molecule has 0 heterocycles. The highest BCUT2D eigenvalue weighted by molar-refractivity contribution is 9.10. The molecule has 0 saturated carbocycles. The summed E-state index contributed by atoms with van der Waals surface area (Å²) in [5, 5.41) is 2.75. The Kier molecular flexibility index (Phi) is 7.25. The number of hydrogen-bond acceptors (Lipinski definition) is 4. The molecule has 1 N–H and O–H groups in total. The normalized spacial score (nSPS) is 11.3. The van der Waals surface area contributed by atoms with Crippen LogP contribution in [0.3, 0.4) is 0 Å². The molecule has 0 fully saturated rings. The second-order valence-corrected chi connectivity index (χ2v) is 9.52. The predicted octanol–water partition coefficient (Wildman–Crippen LogP) is 4.64. The van der Waals surface area contributed by atoms with Gasteiger partial charge in [0.1, 0.15) is 5.75 Å². The molecule has 3 aromatic carbocycles. The lowest BCUT2D eigenvalue weighted by atomic mass is 10.2. The highest BCUT2D eigenvalue weighted by atomic mass is 79.9. The zero-order chi connectivity index (χ0) is 21.6. The van der Waals surface area contributed by atoms with Crippen LogP contribution >= 0.6 is 15.9 Å². The van der Waals surface area contributed by atoms with Gasteiger partial charge in [0.25, 0.3) is 0 Å². The van der Waals surface area contributed by atoms with Crippen LogP contribution < -0.4 is 10.1 Å². The molecule has 0 saturated heterocycles. The number of anilines is 1. The number of carbonyl (C=O) groups is 1. The summed E-state index contributed by atoms with van der Waals surface area (Å²) in [4.78, 5) is 12.6. The number of hydrogen-bond donors (Lipinski definition) is 1. The minimum absolute atomic E-state index is 0.0989. The van der Waals surface area contributed by atoms with E-state index in [2.05, 4.69) is 21.2 Å². The molecular weight excluding hydrogens is 468 g/mol. The lowest BCUT2D eigenvalue weighted by Gasteiger charge is -2.20. The van der Waals surface area contributed by atoms with Gasteiger partial charge in [-0.1, -0.05) is 58.4 Å². The first-order valence-corrected chi connectivity index (χ1v) is 11.8. The van der Waals surface area contributed by atoms with Crippen molar-refractivity contribution in [2.45, 2.75) is 6.54 Å². The average Bonchev–Trinajstić information content (AvgIpc) is 2.71. The van der Waals surface area contributed by atoms with Crippen molar-refractivity contribution in [3.8, 4) is 11.5 Å². The van der Waals surface area contributed by atoms with E-state index in [4.69, 9.17) is 4.74 Å². The van der Waals surface area contributed by atoms with Crippen LogP contribution in [-0.2, 0) is 21.4 Å². The molecule has 0 bridgehead atoms. The molecule has 1 amide bonds. The second-order valence-electron chi connectivity index (χ2n) is 6.62. The Morgan fingerprint density at radius 1 is 0.967 bits per heavy atom. The number of ether oxygens (including phenoxy) is 1. The van der Waals surface area contributed by atoms with E-state index in [-0.39, 0.29) is 13.1 Å². The number of halogens is 1. The van der Waals surface area contributed by atoms with Crippen LogP contribution in [0.1, 0.15) is 5.56 Å². The molecule has 0 spiro atoms. The van der Waals surface area contributed by atoms with Crippen molar-refractivity contribution in [1.82, 2.24) is 4.31 Å². The molecule has 6 nitrogen and oxygen atoms in total. The molecule has 156 valence electrons. The summed E-state index contributed by atoms with van der Waals surface area (Å²) in [6.45, 7) is -0.212. The second kappa shape index (κ2) is 9.88. The third-order valence-corrected chi connectivity index (χ3v) is 5.92. The summed E-state index contributed by atoms with van der Waals surface area (Å²) in [6.07, 6.45) is 1.09. The van der Waals surface area contributed by atoms with Gasteiger partial charge in [-0.3, -0.25) is 4.79 Å². The molecule has 0 radical (unpaired) electrons. The summed E-state index contributed by atoms with van der Waals surface area (Å²) in [7, 11) is -3.59. The van der Waals surface area contributed by atoms with E-state index >= 15 is 0 Å². The Bertz CT molecular complexity index is 1100. The van der Waals surface area contributed by atoms with E-state index < -0.39 is 15.9 Å². The van der Waals surface area contributed by atoms with Gasteiger partial charge in [-0.05, 0) is 42.0 Å². The lowest BCUT2D eigenvalue weighted by Crippen LogP contribution is -2.36. The number of amides is 1. The molecule has 8 heteroatoms. The summed E-state index contributed by atoms with van der Waals surface area (Å²) in [5.41, 5.74) is 1.24. The van der Waals surface area contributed by atoms with Crippen molar-refractivity contribution in [2.24, 2.45) is 0 Å². The highest BCUT2D eigenvalue weighted by Crippen LogP contribution is 2.29. The van der Waals surface area contributed by atoms with Crippen LogP contribution in [0.25, 0.3) is 0 Å². The fourth-order valence-electron chi connectivity index (χ4n) is 2.71. The number of nitrogens with one attached hydrogen (secondary N) is 1. The number of para-hydroxylation sites is 3. The molecule has 0 aliphatic rings. The molecule has 0 unspecified atom stereocenters. The van der Waals surface area contributed by atoms with Crippen LogP contribution in [0.4, 0.5) is 5.69 Å². The zero-order valence-corrected chi connectivity index (χ0v) is 18.7. The Morgan fingerprint density at radius 2 is 1.60 bits per heavy atom. The zero-order valence-electron chi connectivity index (χ0n) is 16.3. The summed E-state index contributed by atoms with van der Waals surface area (Å²) in [6, 6.07) is 23.5. The maximum Gasteiger partial charge on any atom is 0.239 e. The minimum atomic E-state index is -3.59. The van der Waals surface area contributed by atoms with Gasteiger partial charge in [0, 0.05) is 11.0 Å². The van der Waals surface area contributed by atoms with Gasteiger partial charge in [-0.25, -0.2) is 8.42 Å². The summed E-state index contributed by atoms with van der Waals surface area (Å²) in [5.74, 6) is 0.643. The van der Waals surface area contributed by atoms with Gasteiger partial charge in [0.15, 0.2) is 5.75 Å². The lowest BCUT2D eigenvalue weighted by molar-refractivity contribution is -0.116. The fraction of sp³-hybridized carbons (Fsp3) is 0.136. The van der Waals surface area contributed by atoms with E-state index in [0.29, 0.717) is 17.2 Å². The van der Waals surface area contributed by atoms with E-state index in [9.17, 15) is 13.2 Å². The largest absolute Gasteiger partial charge is 0.455 e. The van der Waals surface area contributed by atoms with E-state index in [1.807, 2.05) is 54.6 Å². The van der Waals surface area contributed by atoms with E-state index in [0.717, 1.165) is 20.6 Å². The molecule has 0 aromatic heterocycles. The Labute approximate surface area is 184 Å². The van der Waals surface area contributed by atoms with Gasteiger partial charge in [0.2, 0.25) is 15.9 Å². The molecule has 0 atom stereocenters. The van der Waals surface area contributed by atoms with Crippen molar-refractivity contribution in [1.29, 1.82) is 0 Å². The number of rotatable bonds is 8. The van der Waals surface area contributed by atoms with Crippen molar-refractivity contribution in [2.75, 3.05) is 18.1 Å². The van der Waals surface area contributed by atoms with Gasteiger partial charge in [0.05, 0.1) is 18.5 Å². The number of carbonyl (C=O) groups excluding carboxylic acids is 1. The van der Waals surface area contributed by atoms with Crippen LogP contribution in [-0.4, -0.2) is 31.4 Å². The van der Waals surface area contributed by atoms with Gasteiger partial charge >= 0.3 is 0 Å². The molecule has 3 aromatic rings. The molecule has 3 rings (SSSR count). The SMILES string of the molecule is CS(=O)(=O)N(CC(=O)Nc1ccccc1Oc1ccccc1)Cc1ccc(Br)cc1. The Balaban J connectivity index is 1.72. The molecule has 30 heavy (non-hydrogen) atoms. The topological polar surface area (TPSA) is 75.7 Å². The number of benzene rings is 3. The van der Waals surface area contributed by atoms with Crippen LogP contribution in [0.2, 0.25) is 0 Å². The first kappa shape index (κ1) is 22.0. The van der Waals surface area contributed by atoms with Crippen LogP contribution in [0.15, 0.2) is 83.3 Å². The minimum Gasteiger partial charge on any atom is -0.455 e. The van der Waals surface area contributed by atoms with Gasteiger partial charge in [-0.15, -0.1) is 0 Å². The molecule has 0 aliphatic carbocycles. The average molecular weight is 489 g/mol. The van der Waals surface area contributed by atoms with Gasteiger partial charge in [-0.2, -0.15) is 4.31 Å². The predicted molar refractivity (Wildman–Crippen MR) is 121 cm³/mol. The third-order valence-electron chi connectivity index (χ3n) is 4.19. The highest BCUT2D eigenvalue weighted by Gasteiger charge is 2.21. The van der Waals surface area contributed by atoms with Crippen LogP contribution in [0, 0.1) is 0 Å². The maximum absolute atomic E-state index is 12.6. The van der Waals surface area contributed by atoms with E-state index in [1.54, 1.807) is 24.3 Å². The Morgan fingerprint density at radius 3 is 2.27 bits per heavy atom. The number of nitrogens with zero attached hydrogens (tertiary/aromatic N) is 1. The molecule has 0 aliphatic heterocycles. The smallest absolute Gasteiger partial charge is 0.239 e. The first-order chi connectivity index (χ1) is 14.3. The quantitative estimate of drug-likeness (QED) is 0.500. The Hall–Kier alpha value is -2.68. The third kappa shape index (κ3) is 6.41. The first-order valence-electron chi connectivity index (χ1n) is 9.12. The van der Waals surface area contributed by atoms with Crippen molar-refractivity contribution >= 4 is 37.5 Å². The maximum atomic E-state index is 12.6. The van der Waals surface area contributed by atoms with Gasteiger partial charge < -0.3 is 10.1 Å². The standard InChI is InChI=1S/C22H21BrN2O4S/c1-30(27,28)25(15-17-11-13-18(23)14-12-17)16-22(26)24-20-9-5-6-10-21(20)29-19-7-3-2-4-8-19/h2-14H,15-16H2,1H3,(H,24,26). The molecular formula is C22H21BrN2O4S. The van der Waals surface area contributed by atoms with Crippen molar-refractivity contribution in [3.05, 3.63) is 88.9 Å². The fourth-order valence-corrected chi connectivity index (χ4v) is 3.71. The van der Waals surface area contributed by atoms with E-state index in [1.165, 1.54) is 0 Å². The van der Waals surface area contributed by atoms with Crippen LogP contribution in [0.5, 0.6) is 11.5 Å². The van der Waals surface area contributed by atoms with Crippen molar-refractivity contribution in [3.63, 3.8) is 0 Å². The van der Waals surface area contributed by atoms with Crippen molar-refractivity contribution < 1.29 is 17.9 Å². The summed E-state index contributed by atoms with van der Waals surface area (Å²) >= 11 is 3.35. The number of sulfonamides is 1. The summed E-state index contributed by atoms with van der Waals surface area (Å²) < 4.78 is 32.3.